The smallest absolute Gasteiger partial charge is 0.336 e. The summed E-state index contributed by atoms with van der Waals surface area (Å²) in [6, 6.07) is 7.98. The second-order valence-corrected chi connectivity index (χ2v) is 6.26. The lowest BCUT2D eigenvalue weighted by atomic mass is 9.79. The summed E-state index contributed by atoms with van der Waals surface area (Å²) in [6.45, 7) is 2.68. The lowest BCUT2D eigenvalue weighted by molar-refractivity contribution is 0.0695. The summed E-state index contributed by atoms with van der Waals surface area (Å²) in [5, 5.41) is 9.30. The minimum Gasteiger partial charge on any atom is -0.494 e. The molecule has 3 rings (SSSR count). The molecule has 1 heterocycles. The maximum absolute atomic E-state index is 11.3. The monoisotopic (exact) mass is 325 g/mol. The molecule has 1 aromatic heterocycles. The average molecular weight is 325 g/mol. The van der Waals surface area contributed by atoms with Gasteiger partial charge in [0.1, 0.15) is 5.75 Å². The van der Waals surface area contributed by atoms with Crippen LogP contribution >= 0.6 is 0 Å². The molecule has 126 valence electrons. The van der Waals surface area contributed by atoms with Crippen LogP contribution in [0.15, 0.2) is 36.7 Å². The fourth-order valence-electron chi connectivity index (χ4n) is 3.61. The van der Waals surface area contributed by atoms with E-state index in [1.807, 2.05) is 13.0 Å². The third-order valence-corrected chi connectivity index (χ3v) is 4.76. The van der Waals surface area contributed by atoms with Crippen molar-refractivity contribution in [1.29, 1.82) is 0 Å². The highest BCUT2D eigenvalue weighted by Gasteiger charge is 2.21. The van der Waals surface area contributed by atoms with Gasteiger partial charge in [0.25, 0.3) is 0 Å². The Morgan fingerprint density at radius 3 is 3.04 bits per heavy atom. The molecule has 1 aromatic carbocycles. The van der Waals surface area contributed by atoms with E-state index in [1.165, 1.54) is 23.7 Å². The summed E-state index contributed by atoms with van der Waals surface area (Å²) in [6.07, 6.45) is 8.35. The van der Waals surface area contributed by atoms with E-state index >= 15 is 0 Å². The Kier molecular flexibility index (Phi) is 5.14. The maximum Gasteiger partial charge on any atom is 0.336 e. The molecular weight excluding hydrogens is 302 g/mol. The van der Waals surface area contributed by atoms with E-state index in [1.54, 1.807) is 12.3 Å². The Hall–Kier alpha value is -2.36. The Morgan fingerprint density at radius 1 is 1.38 bits per heavy atom. The number of aryl methyl sites for hydroxylation is 2. The molecule has 0 saturated heterocycles. The van der Waals surface area contributed by atoms with Gasteiger partial charge in [-0.2, -0.15) is 0 Å². The first-order chi connectivity index (χ1) is 11.7. The summed E-state index contributed by atoms with van der Waals surface area (Å²) in [5.74, 6) is 0.543. The van der Waals surface area contributed by atoms with Crippen molar-refractivity contribution in [2.75, 3.05) is 6.61 Å². The van der Waals surface area contributed by atoms with Crippen molar-refractivity contribution in [3.05, 3.63) is 58.9 Å². The van der Waals surface area contributed by atoms with Crippen molar-refractivity contribution in [2.45, 2.75) is 44.9 Å². The van der Waals surface area contributed by atoms with Gasteiger partial charge >= 0.3 is 5.97 Å². The number of carbonyl (C=O) groups is 1. The molecule has 0 bridgehead atoms. The van der Waals surface area contributed by atoms with Crippen molar-refractivity contribution in [3.8, 4) is 5.75 Å². The fourth-order valence-corrected chi connectivity index (χ4v) is 3.61. The van der Waals surface area contributed by atoms with Crippen molar-refractivity contribution in [3.63, 3.8) is 0 Å². The van der Waals surface area contributed by atoms with Gasteiger partial charge in [0.15, 0.2) is 0 Å². The van der Waals surface area contributed by atoms with Crippen LogP contribution in [0.2, 0.25) is 0 Å². The number of benzene rings is 1. The molecule has 0 radical (unpaired) electrons. The fraction of sp³-hybridized carbons (Fsp3) is 0.400. The van der Waals surface area contributed by atoms with Crippen LogP contribution in [0.1, 0.15) is 59.2 Å². The van der Waals surface area contributed by atoms with Crippen LogP contribution in [0.4, 0.5) is 0 Å². The number of aromatic carboxylic acids is 1. The van der Waals surface area contributed by atoms with Crippen LogP contribution in [0.5, 0.6) is 5.75 Å². The molecule has 0 saturated carbocycles. The zero-order chi connectivity index (χ0) is 16.9. The molecule has 0 amide bonds. The third-order valence-electron chi connectivity index (χ3n) is 4.76. The van der Waals surface area contributed by atoms with Crippen molar-refractivity contribution < 1.29 is 14.6 Å². The Balaban J connectivity index is 1.75. The topological polar surface area (TPSA) is 59.4 Å². The molecule has 1 N–H and O–H groups in total. The lowest BCUT2D eigenvalue weighted by Crippen LogP contribution is -2.12. The first-order valence-electron chi connectivity index (χ1n) is 8.61. The number of carboxylic acids is 1. The van der Waals surface area contributed by atoms with Gasteiger partial charge in [0.05, 0.1) is 12.2 Å². The summed E-state index contributed by atoms with van der Waals surface area (Å²) in [5.41, 5.74) is 3.96. The second-order valence-electron chi connectivity index (χ2n) is 6.26. The van der Waals surface area contributed by atoms with E-state index in [-0.39, 0.29) is 0 Å². The van der Waals surface area contributed by atoms with Crippen LogP contribution in [0.3, 0.4) is 0 Å². The number of aromatic nitrogens is 1. The van der Waals surface area contributed by atoms with E-state index in [2.05, 4.69) is 17.1 Å². The molecule has 4 heteroatoms. The third kappa shape index (κ3) is 3.58. The van der Waals surface area contributed by atoms with E-state index in [4.69, 9.17) is 4.74 Å². The highest BCUT2D eigenvalue weighted by molar-refractivity contribution is 5.89. The summed E-state index contributed by atoms with van der Waals surface area (Å²) < 4.78 is 5.61. The Bertz CT molecular complexity index is 727. The number of hydrogen-bond donors (Lipinski definition) is 1. The number of ether oxygens (including phenoxy) is 1. The van der Waals surface area contributed by atoms with Crippen molar-refractivity contribution in [1.82, 2.24) is 4.98 Å². The molecule has 4 nitrogen and oxygen atoms in total. The van der Waals surface area contributed by atoms with E-state index in [9.17, 15) is 9.90 Å². The molecule has 0 spiro atoms. The maximum atomic E-state index is 11.3. The zero-order valence-corrected chi connectivity index (χ0v) is 14.0. The lowest BCUT2D eigenvalue weighted by Gasteiger charge is -2.26. The molecule has 2 aromatic rings. The minimum atomic E-state index is -0.877. The molecule has 1 aliphatic rings. The highest BCUT2D eigenvalue weighted by Crippen LogP contribution is 2.36. The van der Waals surface area contributed by atoms with Gasteiger partial charge in [-0.05, 0) is 79.8 Å². The van der Waals surface area contributed by atoms with Crippen LogP contribution < -0.4 is 4.74 Å². The predicted octanol–water partition coefficient (Wildman–Crippen LogP) is 4.23. The van der Waals surface area contributed by atoms with Crippen LogP contribution in [-0.4, -0.2) is 22.7 Å². The van der Waals surface area contributed by atoms with Gasteiger partial charge < -0.3 is 9.84 Å². The number of fused-ring (bicyclic) bond motifs is 1. The molecule has 0 aliphatic heterocycles. The second kappa shape index (κ2) is 7.47. The molecule has 24 heavy (non-hydrogen) atoms. The summed E-state index contributed by atoms with van der Waals surface area (Å²) >= 11 is 0. The standard InChI is InChI=1S/C20H23NO3/c1-2-24-17-8-9-18-14(4-3-5-15(18)12-17)6-7-16-13-21-11-10-19(16)20(22)23/h8-14H,2-7H2,1H3,(H,22,23). The summed E-state index contributed by atoms with van der Waals surface area (Å²) in [7, 11) is 0. The van der Waals surface area contributed by atoms with Gasteiger partial charge in [-0.1, -0.05) is 6.07 Å². The zero-order valence-electron chi connectivity index (χ0n) is 14.0. The van der Waals surface area contributed by atoms with Crippen molar-refractivity contribution >= 4 is 5.97 Å². The number of carboxylic acid groups (broad SMARTS) is 1. The number of hydrogen-bond acceptors (Lipinski definition) is 3. The van der Waals surface area contributed by atoms with E-state index in [0.717, 1.165) is 37.0 Å². The quantitative estimate of drug-likeness (QED) is 0.863. The van der Waals surface area contributed by atoms with Gasteiger partial charge in [-0.25, -0.2) is 4.79 Å². The first kappa shape index (κ1) is 16.5. The number of rotatable bonds is 6. The van der Waals surface area contributed by atoms with Crippen molar-refractivity contribution in [2.24, 2.45) is 0 Å². The molecule has 1 aliphatic carbocycles. The largest absolute Gasteiger partial charge is 0.494 e. The van der Waals surface area contributed by atoms with Crippen LogP contribution in [-0.2, 0) is 12.8 Å². The average Bonchev–Trinajstić information content (AvgIpc) is 2.60. The first-order valence-corrected chi connectivity index (χ1v) is 8.61. The van der Waals surface area contributed by atoms with Crippen LogP contribution in [0.25, 0.3) is 0 Å². The number of nitrogens with zero attached hydrogens (tertiary/aromatic N) is 1. The number of pyridine rings is 1. The normalized spacial score (nSPS) is 16.5. The van der Waals surface area contributed by atoms with E-state index in [0.29, 0.717) is 18.1 Å². The SMILES string of the molecule is CCOc1ccc2c(c1)CCCC2CCc1cnccc1C(=O)O. The predicted molar refractivity (Wildman–Crippen MR) is 92.8 cm³/mol. The summed E-state index contributed by atoms with van der Waals surface area (Å²) in [4.78, 5) is 15.4. The Labute approximate surface area is 142 Å². The van der Waals surface area contributed by atoms with E-state index < -0.39 is 5.97 Å². The Morgan fingerprint density at radius 2 is 2.25 bits per heavy atom. The van der Waals surface area contributed by atoms with Gasteiger partial charge in [0.2, 0.25) is 0 Å². The van der Waals surface area contributed by atoms with Gasteiger partial charge in [-0.15, -0.1) is 0 Å². The molecule has 1 atom stereocenters. The minimum absolute atomic E-state index is 0.368. The highest BCUT2D eigenvalue weighted by atomic mass is 16.5. The van der Waals surface area contributed by atoms with Crippen LogP contribution in [0, 0.1) is 0 Å². The van der Waals surface area contributed by atoms with Gasteiger partial charge in [0, 0.05) is 12.4 Å². The van der Waals surface area contributed by atoms with Gasteiger partial charge in [-0.3, -0.25) is 4.98 Å². The molecule has 0 fully saturated rings. The molecular formula is C20H23NO3. The molecule has 1 unspecified atom stereocenters.